The van der Waals surface area contributed by atoms with Gasteiger partial charge < -0.3 is 15.3 Å². The van der Waals surface area contributed by atoms with Gasteiger partial charge in [0, 0.05) is 31.9 Å². The molecule has 0 saturated heterocycles. The number of nitrogens with one attached hydrogen (secondary N) is 1. The SMILES string of the molecule is CC(C)NCc1cc(F)ccc1N(C)CC1(O)CCCC1. The van der Waals surface area contributed by atoms with E-state index >= 15 is 0 Å². The van der Waals surface area contributed by atoms with Crippen molar-refractivity contribution in [1.82, 2.24) is 5.32 Å². The zero-order valence-electron chi connectivity index (χ0n) is 13.3. The van der Waals surface area contributed by atoms with E-state index in [-0.39, 0.29) is 5.82 Å². The van der Waals surface area contributed by atoms with E-state index in [1.54, 1.807) is 6.07 Å². The summed E-state index contributed by atoms with van der Waals surface area (Å²) in [7, 11) is 1.97. The molecule has 2 N–H and O–H groups in total. The summed E-state index contributed by atoms with van der Waals surface area (Å²) in [6.45, 7) is 5.38. The number of nitrogens with zero attached hydrogens (tertiary/aromatic N) is 1. The van der Waals surface area contributed by atoms with E-state index in [0.717, 1.165) is 36.9 Å². The monoisotopic (exact) mass is 294 g/mol. The number of hydrogen-bond donors (Lipinski definition) is 2. The largest absolute Gasteiger partial charge is 0.388 e. The van der Waals surface area contributed by atoms with E-state index < -0.39 is 5.60 Å². The van der Waals surface area contributed by atoms with Crippen LogP contribution >= 0.6 is 0 Å². The molecule has 0 radical (unpaired) electrons. The summed E-state index contributed by atoms with van der Waals surface area (Å²) in [5, 5.41) is 13.9. The third-order valence-corrected chi connectivity index (χ3v) is 4.22. The highest BCUT2D eigenvalue weighted by atomic mass is 19.1. The molecule has 0 amide bonds. The molecule has 4 heteroatoms. The Bertz CT molecular complexity index is 470. The molecular formula is C17H27FN2O. The lowest BCUT2D eigenvalue weighted by Crippen LogP contribution is -2.39. The highest BCUT2D eigenvalue weighted by Gasteiger charge is 2.32. The van der Waals surface area contributed by atoms with Crippen molar-refractivity contribution in [2.45, 2.75) is 57.7 Å². The molecule has 118 valence electrons. The summed E-state index contributed by atoms with van der Waals surface area (Å²) in [5.41, 5.74) is 1.34. The van der Waals surface area contributed by atoms with Crippen LogP contribution in [-0.4, -0.2) is 30.3 Å². The number of aliphatic hydroxyl groups is 1. The zero-order valence-corrected chi connectivity index (χ0v) is 13.3. The van der Waals surface area contributed by atoms with E-state index in [9.17, 15) is 9.50 Å². The van der Waals surface area contributed by atoms with Gasteiger partial charge in [0.1, 0.15) is 5.82 Å². The smallest absolute Gasteiger partial charge is 0.123 e. The Balaban J connectivity index is 2.13. The molecule has 1 fully saturated rings. The predicted octanol–water partition coefficient (Wildman–Crippen LogP) is 3.07. The second-order valence-corrected chi connectivity index (χ2v) is 6.60. The second kappa shape index (κ2) is 6.75. The van der Waals surface area contributed by atoms with Crippen molar-refractivity contribution in [2.75, 3.05) is 18.5 Å². The molecule has 0 atom stereocenters. The third-order valence-electron chi connectivity index (χ3n) is 4.22. The van der Waals surface area contributed by atoms with Gasteiger partial charge in [-0.1, -0.05) is 26.7 Å². The van der Waals surface area contributed by atoms with Crippen LogP contribution in [0.25, 0.3) is 0 Å². The van der Waals surface area contributed by atoms with Crippen LogP contribution in [0.3, 0.4) is 0 Å². The van der Waals surface area contributed by atoms with Gasteiger partial charge in [0.05, 0.1) is 5.60 Å². The van der Waals surface area contributed by atoms with Crippen LogP contribution in [0.1, 0.15) is 45.1 Å². The van der Waals surface area contributed by atoms with E-state index in [0.29, 0.717) is 19.1 Å². The topological polar surface area (TPSA) is 35.5 Å². The van der Waals surface area contributed by atoms with Gasteiger partial charge in [0.2, 0.25) is 0 Å². The standard InChI is InChI=1S/C17H27FN2O/c1-13(2)19-11-14-10-15(18)6-7-16(14)20(3)12-17(21)8-4-5-9-17/h6-7,10,13,19,21H,4-5,8-9,11-12H2,1-3H3. The number of hydrogen-bond acceptors (Lipinski definition) is 3. The van der Waals surface area contributed by atoms with Crippen molar-refractivity contribution in [1.29, 1.82) is 0 Å². The lowest BCUT2D eigenvalue weighted by molar-refractivity contribution is 0.0559. The average molecular weight is 294 g/mol. The first-order valence-corrected chi connectivity index (χ1v) is 7.85. The van der Waals surface area contributed by atoms with Crippen molar-refractivity contribution in [3.63, 3.8) is 0 Å². The van der Waals surface area contributed by atoms with Crippen LogP contribution in [0, 0.1) is 5.82 Å². The van der Waals surface area contributed by atoms with Crippen LogP contribution in [0.4, 0.5) is 10.1 Å². The minimum absolute atomic E-state index is 0.215. The molecule has 0 aromatic heterocycles. The normalized spacial score (nSPS) is 17.4. The molecule has 2 rings (SSSR count). The van der Waals surface area contributed by atoms with Crippen LogP contribution in [0.15, 0.2) is 18.2 Å². The lowest BCUT2D eigenvalue weighted by Gasteiger charge is -2.31. The van der Waals surface area contributed by atoms with Gasteiger partial charge in [0.25, 0.3) is 0 Å². The van der Waals surface area contributed by atoms with Crippen molar-refractivity contribution >= 4 is 5.69 Å². The van der Waals surface area contributed by atoms with E-state index in [2.05, 4.69) is 24.1 Å². The Morgan fingerprint density at radius 2 is 2.00 bits per heavy atom. The molecule has 0 bridgehead atoms. The highest BCUT2D eigenvalue weighted by Crippen LogP contribution is 2.32. The molecule has 0 unspecified atom stereocenters. The second-order valence-electron chi connectivity index (χ2n) is 6.60. The highest BCUT2D eigenvalue weighted by molar-refractivity contribution is 5.53. The van der Waals surface area contributed by atoms with Crippen molar-refractivity contribution in [3.05, 3.63) is 29.6 Å². The maximum absolute atomic E-state index is 13.5. The summed E-state index contributed by atoms with van der Waals surface area (Å²) in [5.74, 6) is -0.215. The molecule has 0 aliphatic heterocycles. The first-order chi connectivity index (χ1) is 9.89. The maximum atomic E-state index is 13.5. The molecule has 0 spiro atoms. The van der Waals surface area contributed by atoms with Crippen molar-refractivity contribution in [3.8, 4) is 0 Å². The molecular weight excluding hydrogens is 267 g/mol. The molecule has 1 aromatic rings. The van der Waals surface area contributed by atoms with Crippen molar-refractivity contribution < 1.29 is 9.50 Å². The minimum atomic E-state index is -0.591. The van der Waals surface area contributed by atoms with Gasteiger partial charge in [-0.15, -0.1) is 0 Å². The Hall–Kier alpha value is -1.13. The number of benzene rings is 1. The maximum Gasteiger partial charge on any atom is 0.123 e. The van der Waals surface area contributed by atoms with Crippen LogP contribution in [0.2, 0.25) is 0 Å². The fourth-order valence-corrected chi connectivity index (χ4v) is 3.10. The Kier molecular flexibility index (Phi) is 5.22. The quantitative estimate of drug-likeness (QED) is 0.846. The summed E-state index contributed by atoms with van der Waals surface area (Å²) in [4.78, 5) is 2.06. The average Bonchev–Trinajstić information content (AvgIpc) is 2.82. The fraction of sp³-hybridized carbons (Fsp3) is 0.647. The Morgan fingerprint density at radius 3 is 2.62 bits per heavy atom. The number of rotatable bonds is 6. The Morgan fingerprint density at radius 1 is 1.33 bits per heavy atom. The van der Waals surface area contributed by atoms with E-state index in [4.69, 9.17) is 0 Å². The number of halogens is 1. The molecule has 3 nitrogen and oxygen atoms in total. The molecule has 1 aliphatic carbocycles. The molecule has 21 heavy (non-hydrogen) atoms. The lowest BCUT2D eigenvalue weighted by atomic mass is 10.0. The van der Waals surface area contributed by atoms with Crippen LogP contribution in [-0.2, 0) is 6.54 Å². The third kappa shape index (κ3) is 4.42. The first kappa shape index (κ1) is 16.2. The molecule has 1 aliphatic rings. The summed E-state index contributed by atoms with van der Waals surface area (Å²) >= 11 is 0. The molecule has 0 heterocycles. The van der Waals surface area contributed by atoms with Crippen molar-refractivity contribution in [2.24, 2.45) is 0 Å². The summed E-state index contributed by atoms with van der Waals surface area (Å²) < 4.78 is 13.5. The van der Waals surface area contributed by atoms with E-state index in [1.807, 2.05) is 13.1 Å². The van der Waals surface area contributed by atoms with Gasteiger partial charge in [-0.25, -0.2) is 4.39 Å². The minimum Gasteiger partial charge on any atom is -0.388 e. The van der Waals surface area contributed by atoms with Gasteiger partial charge in [0.15, 0.2) is 0 Å². The Labute approximate surface area is 127 Å². The van der Waals surface area contributed by atoms with Gasteiger partial charge in [-0.3, -0.25) is 0 Å². The molecule has 1 aromatic carbocycles. The summed E-state index contributed by atoms with van der Waals surface area (Å²) in [6, 6.07) is 5.24. The van der Waals surface area contributed by atoms with Crippen LogP contribution in [0.5, 0.6) is 0 Å². The number of likely N-dealkylation sites (N-methyl/N-ethyl adjacent to an activating group) is 1. The van der Waals surface area contributed by atoms with Gasteiger partial charge >= 0.3 is 0 Å². The first-order valence-electron chi connectivity index (χ1n) is 7.85. The van der Waals surface area contributed by atoms with Gasteiger partial charge in [-0.2, -0.15) is 0 Å². The fourth-order valence-electron chi connectivity index (χ4n) is 3.10. The number of anilines is 1. The zero-order chi connectivity index (χ0) is 15.5. The van der Waals surface area contributed by atoms with Crippen LogP contribution < -0.4 is 10.2 Å². The summed E-state index contributed by atoms with van der Waals surface area (Å²) in [6.07, 6.45) is 3.90. The van der Waals surface area contributed by atoms with Gasteiger partial charge in [-0.05, 0) is 36.6 Å². The molecule has 1 saturated carbocycles. The predicted molar refractivity (Wildman–Crippen MR) is 85.1 cm³/mol. The van der Waals surface area contributed by atoms with E-state index in [1.165, 1.54) is 6.07 Å².